The predicted molar refractivity (Wildman–Crippen MR) is 117 cm³/mol. The Balaban J connectivity index is 1.98. The standard InChI is InChI=1S/C18H16Cl2FN9O/c1-2-9(25-15-12(20)14(22)27-18(23)28-15)16-26-13-8(21)4-3-7(19)11(13)17(31)30(16)10-5-6-24-29-10/h3-6,9H,2H2,1H3,(H,24,29)(H5,22,23,25,27,28)/t9-/m0/s1. The Bertz CT molecular complexity index is 1340. The summed E-state index contributed by atoms with van der Waals surface area (Å²) in [7, 11) is 0. The third kappa shape index (κ3) is 3.62. The number of H-pyrrole nitrogens is 1. The molecule has 0 radical (unpaired) electrons. The van der Waals surface area contributed by atoms with E-state index in [0.717, 1.165) is 6.07 Å². The Morgan fingerprint density at radius 2 is 2.00 bits per heavy atom. The number of fused-ring (bicyclic) bond motifs is 1. The van der Waals surface area contributed by atoms with E-state index < -0.39 is 17.4 Å². The van der Waals surface area contributed by atoms with Crippen LogP contribution in [0.15, 0.2) is 29.2 Å². The van der Waals surface area contributed by atoms with Gasteiger partial charge in [0.05, 0.1) is 22.6 Å². The highest BCUT2D eigenvalue weighted by molar-refractivity contribution is 6.35. The van der Waals surface area contributed by atoms with Gasteiger partial charge in [0.2, 0.25) is 5.95 Å². The lowest BCUT2D eigenvalue weighted by atomic mass is 10.1. The van der Waals surface area contributed by atoms with Crippen molar-refractivity contribution in [3.8, 4) is 5.82 Å². The molecule has 0 saturated carbocycles. The van der Waals surface area contributed by atoms with Crippen LogP contribution >= 0.6 is 23.2 Å². The van der Waals surface area contributed by atoms with Crippen molar-refractivity contribution in [2.75, 3.05) is 16.8 Å². The molecule has 0 spiro atoms. The Morgan fingerprint density at radius 3 is 2.68 bits per heavy atom. The molecule has 3 heterocycles. The molecule has 0 aliphatic carbocycles. The molecule has 6 N–H and O–H groups in total. The van der Waals surface area contributed by atoms with Gasteiger partial charge in [0.25, 0.3) is 5.56 Å². The summed E-state index contributed by atoms with van der Waals surface area (Å²) in [6.07, 6.45) is 1.88. The van der Waals surface area contributed by atoms with Crippen LogP contribution in [0.3, 0.4) is 0 Å². The predicted octanol–water partition coefficient (Wildman–Crippen LogP) is 3.07. The average molecular weight is 464 g/mol. The number of benzene rings is 1. The second-order valence-electron chi connectivity index (χ2n) is 6.54. The molecule has 0 aliphatic heterocycles. The highest BCUT2D eigenvalue weighted by atomic mass is 35.5. The Hall–Kier alpha value is -3.44. The number of halogens is 3. The van der Waals surface area contributed by atoms with Crippen LogP contribution in [0.1, 0.15) is 25.2 Å². The van der Waals surface area contributed by atoms with Crippen molar-refractivity contribution in [1.82, 2.24) is 29.7 Å². The first-order valence-electron chi connectivity index (χ1n) is 9.07. The number of rotatable bonds is 5. The SMILES string of the molecule is CC[C@H](Nc1nc(N)nc(N)c1Cl)c1nc2c(F)ccc(Cl)c2c(=O)n1-c1ccn[nH]1. The minimum atomic E-state index is -0.682. The van der Waals surface area contributed by atoms with Crippen LogP contribution in [0, 0.1) is 5.82 Å². The number of anilines is 3. The molecule has 0 aliphatic rings. The second kappa shape index (κ2) is 8.00. The molecule has 0 bridgehead atoms. The Kier molecular flexibility index (Phi) is 5.38. The fourth-order valence-corrected chi connectivity index (χ4v) is 3.54. The van der Waals surface area contributed by atoms with Crippen molar-refractivity contribution in [1.29, 1.82) is 0 Å². The number of nitrogen functional groups attached to an aromatic ring is 2. The molecule has 160 valence electrons. The van der Waals surface area contributed by atoms with Crippen molar-refractivity contribution in [2.45, 2.75) is 19.4 Å². The first kappa shape index (κ1) is 20.8. The highest BCUT2D eigenvalue weighted by Crippen LogP contribution is 2.31. The van der Waals surface area contributed by atoms with Crippen LogP contribution in [0.25, 0.3) is 16.7 Å². The van der Waals surface area contributed by atoms with Crippen LogP contribution < -0.4 is 22.3 Å². The summed E-state index contributed by atoms with van der Waals surface area (Å²) in [5, 5.41) is 9.76. The summed E-state index contributed by atoms with van der Waals surface area (Å²) in [5.41, 5.74) is 10.7. The van der Waals surface area contributed by atoms with Gasteiger partial charge >= 0.3 is 0 Å². The van der Waals surface area contributed by atoms with Gasteiger partial charge in [0.15, 0.2) is 5.82 Å². The molecule has 4 aromatic rings. The fraction of sp³-hybridized carbons (Fsp3) is 0.167. The quantitative estimate of drug-likeness (QED) is 0.352. The van der Waals surface area contributed by atoms with Crippen LogP contribution in [0.5, 0.6) is 0 Å². The molecule has 3 aromatic heterocycles. The minimum Gasteiger partial charge on any atom is -0.382 e. The number of aromatic nitrogens is 6. The summed E-state index contributed by atoms with van der Waals surface area (Å²) < 4.78 is 15.8. The van der Waals surface area contributed by atoms with Crippen molar-refractivity contribution in [3.63, 3.8) is 0 Å². The number of hydrogen-bond acceptors (Lipinski definition) is 8. The normalized spacial score (nSPS) is 12.3. The Labute approximate surface area is 184 Å². The average Bonchev–Trinajstić information content (AvgIpc) is 3.26. The monoisotopic (exact) mass is 463 g/mol. The first-order valence-corrected chi connectivity index (χ1v) is 9.82. The second-order valence-corrected chi connectivity index (χ2v) is 7.33. The van der Waals surface area contributed by atoms with E-state index in [1.807, 2.05) is 6.92 Å². The topological polar surface area (TPSA) is 153 Å². The maximum atomic E-state index is 14.6. The summed E-state index contributed by atoms with van der Waals surface area (Å²) in [6.45, 7) is 1.83. The first-order chi connectivity index (χ1) is 14.8. The van der Waals surface area contributed by atoms with Gasteiger partial charge < -0.3 is 16.8 Å². The molecule has 0 saturated heterocycles. The number of nitrogens with two attached hydrogens (primary N) is 2. The highest BCUT2D eigenvalue weighted by Gasteiger charge is 2.24. The third-order valence-corrected chi connectivity index (χ3v) is 5.29. The largest absolute Gasteiger partial charge is 0.382 e. The Morgan fingerprint density at radius 1 is 1.23 bits per heavy atom. The van der Waals surface area contributed by atoms with E-state index in [0.29, 0.717) is 12.2 Å². The molecular formula is C18H16Cl2FN9O. The molecule has 4 rings (SSSR count). The fourth-order valence-electron chi connectivity index (χ4n) is 3.17. The molecule has 0 amide bonds. The van der Waals surface area contributed by atoms with Crippen LogP contribution in [0.4, 0.5) is 22.0 Å². The maximum absolute atomic E-state index is 14.6. The summed E-state index contributed by atoms with van der Waals surface area (Å²) in [6, 6.07) is 3.39. The van der Waals surface area contributed by atoms with Gasteiger partial charge in [-0.1, -0.05) is 30.1 Å². The van der Waals surface area contributed by atoms with Gasteiger partial charge in [-0.05, 0) is 18.6 Å². The van der Waals surface area contributed by atoms with Gasteiger partial charge in [-0.3, -0.25) is 9.89 Å². The van der Waals surface area contributed by atoms with Gasteiger partial charge in [-0.2, -0.15) is 15.1 Å². The van der Waals surface area contributed by atoms with E-state index in [-0.39, 0.29) is 44.4 Å². The lowest BCUT2D eigenvalue weighted by molar-refractivity contribution is 0.623. The smallest absolute Gasteiger partial charge is 0.268 e. The van der Waals surface area contributed by atoms with Gasteiger partial charge in [-0.25, -0.2) is 13.9 Å². The van der Waals surface area contributed by atoms with E-state index in [4.69, 9.17) is 34.7 Å². The number of nitrogens with zero attached hydrogens (tertiary/aromatic N) is 5. The van der Waals surface area contributed by atoms with Gasteiger partial charge in [0, 0.05) is 6.07 Å². The van der Waals surface area contributed by atoms with Gasteiger partial charge in [-0.15, -0.1) is 0 Å². The molecule has 0 unspecified atom stereocenters. The van der Waals surface area contributed by atoms with Crippen LogP contribution in [-0.2, 0) is 0 Å². The molecule has 0 fully saturated rings. The van der Waals surface area contributed by atoms with Crippen molar-refractivity contribution in [2.24, 2.45) is 0 Å². The van der Waals surface area contributed by atoms with Gasteiger partial charge in [0.1, 0.15) is 33.8 Å². The van der Waals surface area contributed by atoms with Crippen LogP contribution in [0.2, 0.25) is 10.0 Å². The van der Waals surface area contributed by atoms with E-state index in [1.54, 1.807) is 6.07 Å². The van der Waals surface area contributed by atoms with E-state index in [1.165, 1.54) is 16.8 Å². The molecule has 1 aromatic carbocycles. The summed E-state index contributed by atoms with van der Waals surface area (Å²) in [4.78, 5) is 25.7. The van der Waals surface area contributed by atoms with Crippen molar-refractivity contribution >= 4 is 51.7 Å². The molecule has 10 nitrogen and oxygen atoms in total. The zero-order valence-corrected chi connectivity index (χ0v) is 17.5. The lowest BCUT2D eigenvalue weighted by Crippen LogP contribution is -2.29. The summed E-state index contributed by atoms with van der Waals surface area (Å²) >= 11 is 12.4. The van der Waals surface area contributed by atoms with E-state index in [2.05, 4.69) is 30.5 Å². The third-order valence-electron chi connectivity index (χ3n) is 4.60. The van der Waals surface area contributed by atoms with E-state index >= 15 is 0 Å². The molecular weight excluding hydrogens is 448 g/mol. The molecule has 1 atom stereocenters. The lowest BCUT2D eigenvalue weighted by Gasteiger charge is -2.22. The van der Waals surface area contributed by atoms with Crippen LogP contribution in [-0.4, -0.2) is 29.7 Å². The minimum absolute atomic E-state index is 0.0122. The molecule has 31 heavy (non-hydrogen) atoms. The maximum Gasteiger partial charge on any atom is 0.268 e. The zero-order valence-electron chi connectivity index (χ0n) is 16.0. The van der Waals surface area contributed by atoms with E-state index in [9.17, 15) is 9.18 Å². The van der Waals surface area contributed by atoms with Crippen molar-refractivity contribution in [3.05, 3.63) is 56.4 Å². The number of nitrogens with one attached hydrogen (secondary N) is 2. The molecule has 13 heteroatoms. The number of aromatic amines is 1. The summed E-state index contributed by atoms with van der Waals surface area (Å²) in [5.74, 6) is -0.134. The van der Waals surface area contributed by atoms with Crippen molar-refractivity contribution < 1.29 is 4.39 Å². The zero-order chi connectivity index (χ0) is 22.3. The number of hydrogen-bond donors (Lipinski definition) is 4.